The molecule has 0 saturated carbocycles. The van der Waals surface area contributed by atoms with Crippen molar-refractivity contribution in [1.29, 1.82) is 0 Å². The first kappa shape index (κ1) is 25.9. The fraction of sp³-hybridized carbons (Fsp3) is 0.385. The van der Waals surface area contributed by atoms with E-state index in [0.717, 1.165) is 0 Å². The molecule has 0 bridgehead atoms. The summed E-state index contributed by atoms with van der Waals surface area (Å²) in [6, 6.07) is 6.69. The molecule has 2 unspecified atom stereocenters. The predicted molar refractivity (Wildman–Crippen MR) is 126 cm³/mol. The van der Waals surface area contributed by atoms with Crippen LogP contribution in [-0.4, -0.2) is 58.8 Å². The molecule has 1 aromatic carbocycles. The molecule has 1 N–H and O–H groups in total. The number of aliphatic hydroxyl groups is 1. The number of Topliss-reactive ketones (excluding diaryl/α,β-unsaturated/α-hetero) is 1. The minimum Gasteiger partial charge on any atom is -0.463 e. The van der Waals surface area contributed by atoms with Crippen LogP contribution in [-0.2, 0) is 19.0 Å². The number of hydrogen-bond donors (Lipinski definition) is 1. The van der Waals surface area contributed by atoms with Crippen LogP contribution in [0.2, 0.25) is 0 Å². The van der Waals surface area contributed by atoms with Gasteiger partial charge in [0.15, 0.2) is 5.78 Å². The molecule has 0 aliphatic carbocycles. The van der Waals surface area contributed by atoms with E-state index in [2.05, 4.69) is 0 Å². The maximum absolute atomic E-state index is 13.8. The van der Waals surface area contributed by atoms with Gasteiger partial charge in [0.1, 0.15) is 17.3 Å². The summed E-state index contributed by atoms with van der Waals surface area (Å²) in [4.78, 5) is 52.7. The van der Waals surface area contributed by atoms with Crippen molar-refractivity contribution in [3.05, 3.63) is 64.0 Å². The normalized spacial score (nSPS) is 18.8. The lowest BCUT2D eigenvalue weighted by atomic mass is 9.80. The van der Waals surface area contributed by atoms with Crippen molar-refractivity contribution in [3.8, 4) is 0 Å². The van der Waals surface area contributed by atoms with E-state index < -0.39 is 35.3 Å². The molecule has 0 spiro atoms. The summed E-state index contributed by atoms with van der Waals surface area (Å²) in [5.74, 6) is -2.93. The first-order valence-electron chi connectivity index (χ1n) is 11.4. The highest BCUT2D eigenvalue weighted by Crippen LogP contribution is 2.44. The van der Waals surface area contributed by atoms with Crippen LogP contribution in [0.15, 0.2) is 35.9 Å². The second-order valence-corrected chi connectivity index (χ2v) is 8.10. The van der Waals surface area contributed by atoms with Crippen LogP contribution in [0.4, 0.5) is 0 Å². The average Bonchev–Trinajstić information content (AvgIpc) is 3.10. The van der Waals surface area contributed by atoms with Gasteiger partial charge in [-0.25, -0.2) is 14.4 Å². The van der Waals surface area contributed by atoms with E-state index in [9.17, 15) is 24.3 Å². The van der Waals surface area contributed by atoms with Crippen LogP contribution in [0, 0.1) is 6.92 Å². The highest BCUT2D eigenvalue weighted by Gasteiger charge is 2.51. The topological polar surface area (TPSA) is 121 Å². The number of carbonyl (C=O) groups is 4. The number of rotatable bonds is 8. The number of benzene rings is 1. The quantitative estimate of drug-likeness (QED) is 0.345. The molecule has 2 aromatic rings. The van der Waals surface area contributed by atoms with Gasteiger partial charge in [0.25, 0.3) is 0 Å². The van der Waals surface area contributed by atoms with E-state index >= 15 is 0 Å². The average molecular weight is 484 g/mol. The Kier molecular flexibility index (Phi) is 7.60. The first-order chi connectivity index (χ1) is 16.6. The number of ether oxygens (including phenoxy) is 3. The van der Waals surface area contributed by atoms with Gasteiger partial charge in [0, 0.05) is 5.56 Å². The molecule has 9 nitrogen and oxygen atoms in total. The number of esters is 3. The lowest BCUT2D eigenvalue weighted by Gasteiger charge is -2.38. The Hall–Kier alpha value is -3.72. The summed E-state index contributed by atoms with van der Waals surface area (Å²) in [7, 11) is 0. The van der Waals surface area contributed by atoms with Crippen molar-refractivity contribution >= 4 is 29.8 Å². The van der Waals surface area contributed by atoms with Crippen LogP contribution in [0.5, 0.6) is 0 Å². The SMILES string of the molecule is CCOC(=O)C1=Cc2c(C(=O)OCC)c(C)c(C(=O)OCC)n2C(C(=O)c2ccccc2)C1(C)O. The fourth-order valence-electron chi connectivity index (χ4n) is 4.34. The zero-order valence-electron chi connectivity index (χ0n) is 20.4. The number of fused-ring (bicyclic) bond motifs is 1. The van der Waals surface area contributed by atoms with Gasteiger partial charge >= 0.3 is 17.9 Å². The number of hydrogen-bond acceptors (Lipinski definition) is 8. The summed E-state index contributed by atoms with van der Waals surface area (Å²) in [5, 5.41) is 11.7. The molecule has 186 valence electrons. The molecule has 3 rings (SSSR count). The number of nitrogens with zero attached hydrogens (tertiary/aromatic N) is 1. The Morgan fingerprint density at radius 2 is 1.46 bits per heavy atom. The van der Waals surface area contributed by atoms with E-state index in [4.69, 9.17) is 14.2 Å². The first-order valence-corrected chi connectivity index (χ1v) is 11.4. The monoisotopic (exact) mass is 483 g/mol. The third-order valence-corrected chi connectivity index (χ3v) is 5.85. The Morgan fingerprint density at radius 1 is 0.914 bits per heavy atom. The molecule has 0 amide bonds. The highest BCUT2D eigenvalue weighted by atomic mass is 16.5. The second kappa shape index (κ2) is 10.3. The van der Waals surface area contributed by atoms with Gasteiger partial charge in [0.05, 0.1) is 36.7 Å². The fourth-order valence-corrected chi connectivity index (χ4v) is 4.34. The summed E-state index contributed by atoms with van der Waals surface area (Å²) >= 11 is 0. The van der Waals surface area contributed by atoms with Crippen molar-refractivity contribution in [2.45, 2.75) is 46.3 Å². The second-order valence-electron chi connectivity index (χ2n) is 8.10. The van der Waals surface area contributed by atoms with Gasteiger partial charge < -0.3 is 23.9 Å². The molecule has 2 atom stereocenters. The van der Waals surface area contributed by atoms with Crippen LogP contribution >= 0.6 is 0 Å². The molecule has 1 aliphatic heterocycles. The third-order valence-electron chi connectivity index (χ3n) is 5.85. The van der Waals surface area contributed by atoms with Crippen LogP contribution < -0.4 is 0 Å². The van der Waals surface area contributed by atoms with Crippen molar-refractivity contribution in [3.63, 3.8) is 0 Å². The standard InChI is InChI=1S/C26H29NO8/c1-6-33-23(29)17-14-18-19(24(30)34-7-2)15(4)20(25(31)35-8-3)27(18)22(26(17,5)32)21(28)16-12-10-9-11-13-16/h9-14,22,32H,6-8H2,1-5H3. The molecule has 0 saturated heterocycles. The number of aromatic nitrogens is 1. The van der Waals surface area contributed by atoms with Crippen LogP contribution in [0.3, 0.4) is 0 Å². The van der Waals surface area contributed by atoms with Gasteiger partial charge in [0.2, 0.25) is 0 Å². The van der Waals surface area contributed by atoms with Crippen molar-refractivity contribution < 1.29 is 38.5 Å². The Morgan fingerprint density at radius 3 is 2.03 bits per heavy atom. The molecule has 2 heterocycles. The third kappa shape index (κ3) is 4.51. The van der Waals surface area contributed by atoms with Crippen molar-refractivity contribution in [2.75, 3.05) is 19.8 Å². The molecular formula is C26H29NO8. The van der Waals surface area contributed by atoms with Gasteiger partial charge in [-0.05, 0) is 46.3 Å². The largest absolute Gasteiger partial charge is 0.463 e. The minimum absolute atomic E-state index is 0.00179. The van der Waals surface area contributed by atoms with Crippen LogP contribution in [0.25, 0.3) is 6.08 Å². The van der Waals surface area contributed by atoms with E-state index in [1.165, 1.54) is 24.5 Å². The molecule has 1 aromatic heterocycles. The zero-order chi connectivity index (χ0) is 25.9. The van der Waals surface area contributed by atoms with E-state index in [-0.39, 0.29) is 53.5 Å². The molecule has 35 heavy (non-hydrogen) atoms. The highest BCUT2D eigenvalue weighted by molar-refractivity contribution is 6.08. The smallest absolute Gasteiger partial charge is 0.355 e. The van der Waals surface area contributed by atoms with Crippen LogP contribution in [0.1, 0.15) is 76.2 Å². The van der Waals surface area contributed by atoms with Crippen molar-refractivity contribution in [1.82, 2.24) is 4.57 Å². The number of carbonyl (C=O) groups excluding carboxylic acids is 4. The van der Waals surface area contributed by atoms with Gasteiger partial charge in [-0.2, -0.15) is 0 Å². The maximum atomic E-state index is 13.8. The number of ketones is 1. The Labute approximate surface area is 203 Å². The molecule has 0 fully saturated rings. The predicted octanol–water partition coefficient (Wildman–Crippen LogP) is 3.29. The Bertz CT molecular complexity index is 1190. The summed E-state index contributed by atoms with van der Waals surface area (Å²) in [5.41, 5.74) is -1.87. The van der Waals surface area contributed by atoms with E-state index in [1.807, 2.05) is 0 Å². The molecular weight excluding hydrogens is 454 g/mol. The van der Waals surface area contributed by atoms with E-state index in [0.29, 0.717) is 0 Å². The Balaban J connectivity index is 2.43. The van der Waals surface area contributed by atoms with E-state index in [1.54, 1.807) is 51.1 Å². The lowest BCUT2D eigenvalue weighted by molar-refractivity contribution is -0.141. The summed E-state index contributed by atoms with van der Waals surface area (Å²) in [6.45, 7) is 7.84. The molecule has 1 aliphatic rings. The summed E-state index contributed by atoms with van der Waals surface area (Å²) in [6.07, 6.45) is 1.27. The molecule has 0 radical (unpaired) electrons. The maximum Gasteiger partial charge on any atom is 0.355 e. The molecule has 9 heteroatoms. The van der Waals surface area contributed by atoms with Crippen molar-refractivity contribution in [2.24, 2.45) is 0 Å². The lowest BCUT2D eigenvalue weighted by Crippen LogP contribution is -2.48. The summed E-state index contributed by atoms with van der Waals surface area (Å²) < 4.78 is 16.8. The van der Waals surface area contributed by atoms with Gasteiger partial charge in [-0.1, -0.05) is 30.3 Å². The van der Waals surface area contributed by atoms with Gasteiger partial charge in [-0.15, -0.1) is 0 Å². The zero-order valence-corrected chi connectivity index (χ0v) is 20.4. The minimum atomic E-state index is -2.09. The van der Waals surface area contributed by atoms with Gasteiger partial charge in [-0.3, -0.25) is 4.79 Å².